The van der Waals surface area contributed by atoms with Gasteiger partial charge < -0.3 is 14.9 Å². The topological polar surface area (TPSA) is 69.6 Å². The van der Waals surface area contributed by atoms with E-state index in [9.17, 15) is 9.90 Å². The Morgan fingerprint density at radius 3 is 2.50 bits per heavy atom. The van der Waals surface area contributed by atoms with Crippen LogP contribution >= 0.6 is 0 Å². The first-order chi connectivity index (χ1) is 11.6. The van der Waals surface area contributed by atoms with Crippen molar-refractivity contribution in [1.82, 2.24) is 14.9 Å². The smallest absolute Gasteiger partial charge is 0.225 e. The Labute approximate surface area is 141 Å². The fourth-order valence-corrected chi connectivity index (χ4v) is 2.95. The summed E-state index contributed by atoms with van der Waals surface area (Å²) in [5.41, 5.74) is -0.392. The monoisotopic (exact) mass is 326 g/mol. The van der Waals surface area contributed by atoms with Gasteiger partial charge >= 0.3 is 0 Å². The SMILES string of the molecule is CC(O)(CC(=O)N1CCN(c2cnccn2)CC1)c1ccccc1. The second-order valence-corrected chi connectivity index (χ2v) is 6.25. The van der Waals surface area contributed by atoms with E-state index in [0.717, 1.165) is 24.5 Å². The van der Waals surface area contributed by atoms with E-state index in [4.69, 9.17) is 0 Å². The molecule has 0 aliphatic carbocycles. The lowest BCUT2D eigenvalue weighted by atomic mass is 9.92. The summed E-state index contributed by atoms with van der Waals surface area (Å²) in [6.45, 7) is 4.38. The van der Waals surface area contributed by atoms with Crippen molar-refractivity contribution in [3.8, 4) is 0 Å². The highest BCUT2D eigenvalue weighted by Gasteiger charge is 2.30. The van der Waals surface area contributed by atoms with Gasteiger partial charge in [0.05, 0.1) is 18.2 Å². The number of aromatic nitrogens is 2. The van der Waals surface area contributed by atoms with Crippen molar-refractivity contribution in [1.29, 1.82) is 0 Å². The average Bonchev–Trinajstić information content (AvgIpc) is 2.63. The van der Waals surface area contributed by atoms with E-state index >= 15 is 0 Å². The van der Waals surface area contributed by atoms with Gasteiger partial charge in [0, 0.05) is 38.6 Å². The number of aliphatic hydroxyl groups is 1. The first-order valence-electron chi connectivity index (χ1n) is 8.13. The van der Waals surface area contributed by atoms with E-state index in [2.05, 4.69) is 14.9 Å². The predicted molar refractivity (Wildman–Crippen MR) is 91.5 cm³/mol. The summed E-state index contributed by atoms with van der Waals surface area (Å²) >= 11 is 0. The Hall–Kier alpha value is -2.47. The molecule has 1 unspecified atom stereocenters. The van der Waals surface area contributed by atoms with Gasteiger partial charge in [0.2, 0.25) is 5.91 Å². The van der Waals surface area contributed by atoms with E-state index < -0.39 is 5.60 Å². The summed E-state index contributed by atoms with van der Waals surface area (Å²) < 4.78 is 0. The zero-order valence-corrected chi connectivity index (χ0v) is 13.8. The highest BCUT2D eigenvalue weighted by Crippen LogP contribution is 2.25. The van der Waals surface area contributed by atoms with Crippen molar-refractivity contribution in [2.45, 2.75) is 18.9 Å². The van der Waals surface area contributed by atoms with Crippen LogP contribution in [0.2, 0.25) is 0 Å². The van der Waals surface area contributed by atoms with Gasteiger partial charge in [0.15, 0.2) is 0 Å². The van der Waals surface area contributed by atoms with Crippen molar-refractivity contribution < 1.29 is 9.90 Å². The highest BCUT2D eigenvalue weighted by atomic mass is 16.3. The van der Waals surface area contributed by atoms with E-state index in [-0.39, 0.29) is 12.3 Å². The Balaban J connectivity index is 1.57. The van der Waals surface area contributed by atoms with Crippen LogP contribution in [-0.4, -0.2) is 52.1 Å². The maximum atomic E-state index is 12.5. The lowest BCUT2D eigenvalue weighted by molar-refractivity contribution is -0.136. The molecule has 24 heavy (non-hydrogen) atoms. The van der Waals surface area contributed by atoms with Crippen LogP contribution in [0.3, 0.4) is 0 Å². The molecule has 6 nitrogen and oxygen atoms in total. The third kappa shape index (κ3) is 3.71. The third-order valence-corrected chi connectivity index (χ3v) is 4.40. The lowest BCUT2D eigenvalue weighted by Crippen LogP contribution is -2.50. The van der Waals surface area contributed by atoms with Crippen molar-refractivity contribution in [2.24, 2.45) is 0 Å². The van der Waals surface area contributed by atoms with Crippen LogP contribution < -0.4 is 4.90 Å². The standard InChI is InChI=1S/C18H22N4O2/c1-18(24,15-5-3-2-4-6-15)13-17(23)22-11-9-21(10-12-22)16-14-19-7-8-20-16/h2-8,14,24H,9-13H2,1H3. The van der Waals surface area contributed by atoms with Gasteiger partial charge in [0.25, 0.3) is 0 Å². The van der Waals surface area contributed by atoms with Crippen LogP contribution in [0.1, 0.15) is 18.9 Å². The molecular formula is C18H22N4O2. The molecular weight excluding hydrogens is 304 g/mol. The fourth-order valence-electron chi connectivity index (χ4n) is 2.95. The van der Waals surface area contributed by atoms with Crippen LogP contribution in [0.5, 0.6) is 0 Å². The van der Waals surface area contributed by atoms with Crippen LogP contribution in [0.25, 0.3) is 0 Å². The minimum absolute atomic E-state index is 0.0253. The highest BCUT2D eigenvalue weighted by molar-refractivity contribution is 5.77. The molecule has 0 radical (unpaired) electrons. The molecule has 1 atom stereocenters. The van der Waals surface area contributed by atoms with Gasteiger partial charge in [-0.2, -0.15) is 0 Å². The van der Waals surface area contributed by atoms with E-state index in [0.29, 0.717) is 13.1 Å². The fraction of sp³-hybridized carbons (Fsp3) is 0.389. The molecule has 1 amide bonds. The van der Waals surface area contributed by atoms with E-state index in [1.807, 2.05) is 35.2 Å². The van der Waals surface area contributed by atoms with Crippen LogP contribution in [-0.2, 0) is 10.4 Å². The van der Waals surface area contributed by atoms with Crippen molar-refractivity contribution in [3.05, 3.63) is 54.5 Å². The molecule has 1 fully saturated rings. The number of benzene rings is 1. The predicted octanol–water partition coefficient (Wildman–Crippen LogP) is 1.42. The summed E-state index contributed by atoms with van der Waals surface area (Å²) in [5.74, 6) is 0.809. The summed E-state index contributed by atoms with van der Waals surface area (Å²) in [6, 6.07) is 9.33. The molecule has 3 rings (SSSR count). The molecule has 1 aromatic carbocycles. The van der Waals surface area contributed by atoms with Crippen LogP contribution in [0, 0.1) is 0 Å². The molecule has 0 spiro atoms. The molecule has 6 heteroatoms. The van der Waals surface area contributed by atoms with Gasteiger partial charge in [-0.05, 0) is 12.5 Å². The zero-order valence-electron chi connectivity index (χ0n) is 13.8. The van der Waals surface area contributed by atoms with Crippen molar-refractivity contribution in [2.75, 3.05) is 31.1 Å². The largest absolute Gasteiger partial charge is 0.385 e. The second kappa shape index (κ2) is 6.97. The number of anilines is 1. The van der Waals surface area contributed by atoms with Crippen molar-refractivity contribution >= 4 is 11.7 Å². The summed E-state index contributed by atoms with van der Waals surface area (Å²) in [6.07, 6.45) is 5.14. The number of amides is 1. The number of carbonyl (C=O) groups is 1. The second-order valence-electron chi connectivity index (χ2n) is 6.25. The molecule has 0 bridgehead atoms. The Bertz CT molecular complexity index is 668. The summed E-state index contributed by atoms with van der Waals surface area (Å²) in [7, 11) is 0. The van der Waals surface area contributed by atoms with E-state index in [1.54, 1.807) is 25.5 Å². The first kappa shape index (κ1) is 16.4. The summed E-state index contributed by atoms with van der Waals surface area (Å²) in [5, 5.41) is 10.6. The molecule has 1 N–H and O–H groups in total. The number of nitrogens with zero attached hydrogens (tertiary/aromatic N) is 4. The molecule has 2 heterocycles. The molecule has 1 aliphatic heterocycles. The van der Waals surface area contributed by atoms with Gasteiger partial charge in [0.1, 0.15) is 5.82 Å². The normalized spacial score (nSPS) is 17.4. The Morgan fingerprint density at radius 2 is 1.88 bits per heavy atom. The molecule has 1 aromatic heterocycles. The van der Waals surface area contributed by atoms with Crippen molar-refractivity contribution in [3.63, 3.8) is 0 Å². The number of hydrogen-bond donors (Lipinski definition) is 1. The quantitative estimate of drug-likeness (QED) is 0.920. The van der Waals surface area contributed by atoms with Crippen LogP contribution in [0.4, 0.5) is 5.82 Å². The number of rotatable bonds is 4. The lowest BCUT2D eigenvalue weighted by Gasteiger charge is -2.36. The van der Waals surface area contributed by atoms with Gasteiger partial charge in [-0.1, -0.05) is 30.3 Å². The molecule has 2 aromatic rings. The molecule has 1 saturated heterocycles. The minimum atomic E-state index is -1.15. The maximum absolute atomic E-state index is 12.5. The number of carbonyl (C=O) groups excluding carboxylic acids is 1. The average molecular weight is 326 g/mol. The molecule has 126 valence electrons. The number of hydrogen-bond acceptors (Lipinski definition) is 5. The Morgan fingerprint density at radius 1 is 1.17 bits per heavy atom. The van der Waals surface area contributed by atoms with Gasteiger partial charge in [-0.3, -0.25) is 9.78 Å². The zero-order chi connectivity index (χ0) is 17.0. The summed E-state index contributed by atoms with van der Waals surface area (Å²) in [4.78, 5) is 24.8. The Kier molecular flexibility index (Phi) is 4.76. The molecule has 0 saturated carbocycles. The van der Waals surface area contributed by atoms with Crippen LogP contribution in [0.15, 0.2) is 48.9 Å². The van der Waals surface area contributed by atoms with Gasteiger partial charge in [-0.25, -0.2) is 4.98 Å². The van der Waals surface area contributed by atoms with Gasteiger partial charge in [-0.15, -0.1) is 0 Å². The number of piperazine rings is 1. The first-order valence-corrected chi connectivity index (χ1v) is 8.13. The van der Waals surface area contributed by atoms with E-state index in [1.165, 1.54) is 0 Å². The third-order valence-electron chi connectivity index (χ3n) is 4.40. The minimum Gasteiger partial charge on any atom is -0.385 e. The maximum Gasteiger partial charge on any atom is 0.225 e. The molecule has 1 aliphatic rings.